The predicted molar refractivity (Wildman–Crippen MR) is 60.0 cm³/mol. The Labute approximate surface area is 81.6 Å². The molecule has 0 N–H and O–H groups in total. The highest BCUT2D eigenvalue weighted by molar-refractivity contribution is 5.49. The monoisotopic (exact) mass is 178 g/mol. The van der Waals surface area contributed by atoms with E-state index in [1.54, 1.807) is 0 Å². The number of aryl methyl sites for hydroxylation is 1. The molecule has 0 spiro atoms. The van der Waals surface area contributed by atoms with E-state index < -0.39 is 0 Å². The normalized spacial score (nSPS) is 11.7. The third kappa shape index (κ3) is 1.92. The predicted octanol–water partition coefficient (Wildman–Crippen LogP) is 2.97. The van der Waals surface area contributed by atoms with Gasteiger partial charge in [-0.25, -0.2) is 0 Å². The van der Waals surface area contributed by atoms with E-state index in [9.17, 15) is 0 Å². The van der Waals surface area contributed by atoms with E-state index in [0.29, 0.717) is 0 Å². The van der Waals surface area contributed by atoms with Crippen molar-refractivity contribution in [3.63, 3.8) is 0 Å². The maximum atomic E-state index is 2.29. The van der Waals surface area contributed by atoms with Crippen LogP contribution in [0, 0.1) is 6.92 Å². The lowest BCUT2D eigenvalue weighted by Gasteiger charge is -2.32. The van der Waals surface area contributed by atoms with Crippen molar-refractivity contribution < 1.29 is 0 Å². The second kappa shape index (κ2) is 3.93. The first-order valence-corrected chi connectivity index (χ1v) is 5.04. The van der Waals surface area contributed by atoms with Crippen molar-refractivity contribution in [1.29, 1.82) is 0 Å². The molecule has 0 fully saturated rings. The van der Waals surface area contributed by atoms with Crippen molar-refractivity contribution >= 4 is 5.69 Å². The van der Waals surface area contributed by atoms with E-state index in [2.05, 4.69) is 52.1 Å². The smallest absolute Gasteiger partial charge is 0.135 e. The first kappa shape index (κ1) is 10.3. The first-order chi connectivity index (χ1) is 6.14. The van der Waals surface area contributed by atoms with Gasteiger partial charge in [-0.15, -0.1) is 0 Å². The SMILES string of the molecule is CC[N+](C)(CC)c1ccccc1C. The zero-order valence-corrected chi connectivity index (χ0v) is 9.17. The summed E-state index contributed by atoms with van der Waals surface area (Å²) in [6.07, 6.45) is 0. The van der Waals surface area contributed by atoms with Crippen LogP contribution < -0.4 is 4.48 Å². The van der Waals surface area contributed by atoms with Crippen LogP contribution in [0.3, 0.4) is 0 Å². The van der Waals surface area contributed by atoms with Crippen molar-refractivity contribution in [3.05, 3.63) is 29.8 Å². The lowest BCUT2D eigenvalue weighted by molar-refractivity contribution is 0.363. The van der Waals surface area contributed by atoms with Gasteiger partial charge in [0.25, 0.3) is 0 Å². The molecule has 1 aromatic carbocycles. The Balaban J connectivity index is 3.12. The third-order valence-corrected chi connectivity index (χ3v) is 3.09. The van der Waals surface area contributed by atoms with E-state index in [1.807, 2.05) is 0 Å². The number of rotatable bonds is 3. The van der Waals surface area contributed by atoms with Gasteiger partial charge in [-0.2, -0.15) is 0 Å². The molecule has 0 aromatic heterocycles. The second-order valence-electron chi connectivity index (χ2n) is 3.81. The summed E-state index contributed by atoms with van der Waals surface area (Å²) in [6.45, 7) is 8.99. The number of nitrogens with zero attached hydrogens (tertiary/aromatic N) is 1. The lowest BCUT2D eigenvalue weighted by Crippen LogP contribution is -2.44. The zero-order valence-electron chi connectivity index (χ0n) is 9.17. The Morgan fingerprint density at radius 3 is 2.08 bits per heavy atom. The summed E-state index contributed by atoms with van der Waals surface area (Å²) in [6, 6.07) is 8.66. The first-order valence-electron chi connectivity index (χ1n) is 5.04. The van der Waals surface area contributed by atoms with Gasteiger partial charge in [0.05, 0.1) is 20.1 Å². The van der Waals surface area contributed by atoms with E-state index in [0.717, 1.165) is 17.6 Å². The molecule has 1 nitrogen and oxygen atoms in total. The van der Waals surface area contributed by atoms with Crippen molar-refractivity contribution in [3.8, 4) is 0 Å². The fourth-order valence-electron chi connectivity index (χ4n) is 1.73. The third-order valence-electron chi connectivity index (χ3n) is 3.09. The molecule has 13 heavy (non-hydrogen) atoms. The molecular formula is C12H20N+. The number of para-hydroxylation sites is 1. The van der Waals surface area contributed by atoms with E-state index in [1.165, 1.54) is 11.3 Å². The molecule has 1 heteroatoms. The number of hydrogen-bond donors (Lipinski definition) is 0. The van der Waals surface area contributed by atoms with Crippen LogP contribution >= 0.6 is 0 Å². The molecule has 0 aliphatic heterocycles. The molecule has 1 aromatic rings. The summed E-state index contributed by atoms with van der Waals surface area (Å²) in [7, 11) is 2.29. The Kier molecular flexibility index (Phi) is 3.10. The van der Waals surface area contributed by atoms with Gasteiger partial charge in [0.15, 0.2) is 0 Å². The summed E-state index contributed by atoms with van der Waals surface area (Å²) in [5, 5.41) is 0. The van der Waals surface area contributed by atoms with E-state index in [-0.39, 0.29) is 0 Å². The van der Waals surface area contributed by atoms with Gasteiger partial charge in [0.2, 0.25) is 0 Å². The van der Waals surface area contributed by atoms with Crippen LogP contribution in [0.25, 0.3) is 0 Å². The number of hydrogen-bond acceptors (Lipinski definition) is 0. The molecule has 1 rings (SSSR count). The van der Waals surface area contributed by atoms with Crippen molar-refractivity contribution in [1.82, 2.24) is 4.48 Å². The van der Waals surface area contributed by atoms with Gasteiger partial charge < -0.3 is 0 Å². The highest BCUT2D eigenvalue weighted by Gasteiger charge is 2.21. The van der Waals surface area contributed by atoms with E-state index in [4.69, 9.17) is 0 Å². The quantitative estimate of drug-likeness (QED) is 0.624. The average molecular weight is 178 g/mol. The van der Waals surface area contributed by atoms with Crippen molar-refractivity contribution in [2.24, 2.45) is 0 Å². The fraction of sp³-hybridized carbons (Fsp3) is 0.500. The minimum Gasteiger partial charge on any atom is -0.294 e. The summed E-state index contributed by atoms with van der Waals surface area (Å²) in [4.78, 5) is 0. The highest BCUT2D eigenvalue weighted by atomic mass is 15.3. The van der Waals surface area contributed by atoms with Crippen molar-refractivity contribution in [2.75, 3.05) is 20.1 Å². The molecule has 0 aliphatic rings. The maximum Gasteiger partial charge on any atom is 0.135 e. The van der Waals surface area contributed by atoms with E-state index >= 15 is 0 Å². The van der Waals surface area contributed by atoms with Crippen LogP contribution in [-0.4, -0.2) is 20.1 Å². The van der Waals surface area contributed by atoms with Crippen LogP contribution in [0.5, 0.6) is 0 Å². The van der Waals surface area contributed by atoms with Crippen LogP contribution in [-0.2, 0) is 0 Å². The largest absolute Gasteiger partial charge is 0.294 e. The molecule has 0 unspecified atom stereocenters. The van der Waals surface area contributed by atoms with Gasteiger partial charge >= 0.3 is 0 Å². The summed E-state index contributed by atoms with van der Waals surface area (Å²) >= 11 is 0. The fourth-order valence-corrected chi connectivity index (χ4v) is 1.73. The van der Waals surface area contributed by atoms with Crippen LogP contribution in [0.2, 0.25) is 0 Å². The topological polar surface area (TPSA) is 0 Å². The molecule has 0 saturated carbocycles. The molecule has 0 atom stereocenters. The Hall–Kier alpha value is -0.820. The lowest BCUT2D eigenvalue weighted by atomic mass is 10.1. The number of quaternary nitrogens is 1. The highest BCUT2D eigenvalue weighted by Crippen LogP contribution is 2.24. The van der Waals surface area contributed by atoms with Crippen LogP contribution in [0.1, 0.15) is 19.4 Å². The average Bonchev–Trinajstić information content (AvgIpc) is 2.17. The molecule has 0 amide bonds. The molecule has 0 bridgehead atoms. The van der Waals surface area contributed by atoms with Gasteiger partial charge in [-0.3, -0.25) is 4.48 Å². The summed E-state index contributed by atoms with van der Waals surface area (Å²) in [5.74, 6) is 0. The van der Waals surface area contributed by atoms with Crippen LogP contribution in [0.4, 0.5) is 5.69 Å². The minimum absolute atomic E-state index is 1.03. The molecular weight excluding hydrogens is 158 g/mol. The summed E-state index contributed by atoms with van der Waals surface area (Å²) < 4.78 is 1.03. The Morgan fingerprint density at radius 1 is 1.08 bits per heavy atom. The Bertz CT molecular complexity index is 274. The minimum atomic E-state index is 1.03. The van der Waals surface area contributed by atoms with Crippen molar-refractivity contribution in [2.45, 2.75) is 20.8 Å². The molecule has 0 saturated heterocycles. The molecule has 72 valence electrons. The van der Waals surface area contributed by atoms with Gasteiger partial charge in [-0.05, 0) is 26.8 Å². The molecule has 0 heterocycles. The zero-order chi connectivity index (χ0) is 9.90. The van der Waals surface area contributed by atoms with Gasteiger partial charge in [0.1, 0.15) is 5.69 Å². The van der Waals surface area contributed by atoms with Crippen LogP contribution in [0.15, 0.2) is 24.3 Å². The standard InChI is InChI=1S/C12H20N/c1-5-13(4,6-2)12-10-8-7-9-11(12)3/h7-10H,5-6H2,1-4H3/q+1. The summed E-state index contributed by atoms with van der Waals surface area (Å²) in [5.41, 5.74) is 2.85. The van der Waals surface area contributed by atoms with Gasteiger partial charge in [-0.1, -0.05) is 18.2 Å². The Morgan fingerprint density at radius 2 is 1.62 bits per heavy atom. The molecule has 0 radical (unpaired) electrons. The number of benzene rings is 1. The maximum absolute atomic E-state index is 2.29. The molecule has 0 aliphatic carbocycles. The van der Waals surface area contributed by atoms with Gasteiger partial charge in [0, 0.05) is 5.56 Å². The second-order valence-corrected chi connectivity index (χ2v) is 3.81.